The molecule has 2 atom stereocenters. The average Bonchev–Trinajstić information content (AvgIpc) is 2.25. The van der Waals surface area contributed by atoms with Crippen molar-refractivity contribution in [1.29, 1.82) is 0 Å². The van der Waals surface area contributed by atoms with E-state index in [-0.39, 0.29) is 11.9 Å². The van der Waals surface area contributed by atoms with E-state index in [1.807, 2.05) is 6.92 Å². The molecule has 0 amide bonds. The first-order chi connectivity index (χ1) is 7.54. The van der Waals surface area contributed by atoms with Gasteiger partial charge in [-0.25, -0.2) is 4.39 Å². The van der Waals surface area contributed by atoms with Crippen LogP contribution in [0, 0.1) is 5.82 Å². The highest BCUT2D eigenvalue weighted by Crippen LogP contribution is 2.26. The molecule has 90 valence electrons. The Morgan fingerprint density at radius 3 is 2.62 bits per heavy atom. The first-order valence-corrected chi connectivity index (χ1v) is 5.17. The zero-order valence-corrected chi connectivity index (χ0v) is 9.74. The van der Waals surface area contributed by atoms with Crippen molar-refractivity contribution >= 4 is 0 Å². The van der Waals surface area contributed by atoms with Gasteiger partial charge in [-0.05, 0) is 26.0 Å². The number of hydrogen-bond acceptors (Lipinski definition) is 3. The number of methoxy groups -OCH3 is 1. The Kier molecular flexibility index (Phi) is 4.71. The van der Waals surface area contributed by atoms with Crippen LogP contribution >= 0.6 is 0 Å². The summed E-state index contributed by atoms with van der Waals surface area (Å²) in [5.74, 6) is -0.0247. The molecule has 0 heterocycles. The molecule has 1 aromatic rings. The third kappa shape index (κ3) is 3.47. The van der Waals surface area contributed by atoms with Crippen LogP contribution in [-0.4, -0.2) is 24.9 Å². The second-order valence-corrected chi connectivity index (χ2v) is 3.72. The molecule has 16 heavy (non-hydrogen) atoms. The minimum Gasteiger partial charge on any atom is -0.490 e. The van der Waals surface area contributed by atoms with Crippen molar-refractivity contribution in [3.05, 3.63) is 29.6 Å². The fourth-order valence-corrected chi connectivity index (χ4v) is 1.25. The molecule has 0 saturated heterocycles. The van der Waals surface area contributed by atoms with Crippen LogP contribution < -0.4 is 4.74 Å². The molecular formula is C12H17FO3. The molecule has 3 nitrogen and oxygen atoms in total. The minimum atomic E-state index is -0.687. The number of halogens is 1. The fraction of sp³-hybridized carbons (Fsp3) is 0.500. The van der Waals surface area contributed by atoms with Crippen LogP contribution in [0.25, 0.3) is 0 Å². The fourth-order valence-electron chi connectivity index (χ4n) is 1.25. The number of rotatable bonds is 5. The number of aliphatic hydroxyl groups is 1. The summed E-state index contributed by atoms with van der Waals surface area (Å²) >= 11 is 0. The van der Waals surface area contributed by atoms with Crippen LogP contribution in [-0.2, 0) is 4.74 Å². The molecule has 0 saturated carbocycles. The lowest BCUT2D eigenvalue weighted by molar-refractivity contribution is 0.0698. The topological polar surface area (TPSA) is 38.7 Å². The van der Waals surface area contributed by atoms with Gasteiger partial charge in [-0.3, -0.25) is 0 Å². The van der Waals surface area contributed by atoms with Gasteiger partial charge in [0.2, 0.25) is 0 Å². The summed E-state index contributed by atoms with van der Waals surface area (Å²) in [6.07, 6.45) is -0.765. The van der Waals surface area contributed by atoms with Crippen molar-refractivity contribution in [1.82, 2.24) is 0 Å². The quantitative estimate of drug-likeness (QED) is 0.840. The van der Waals surface area contributed by atoms with Gasteiger partial charge in [0.1, 0.15) is 18.2 Å². The van der Waals surface area contributed by atoms with Crippen LogP contribution in [0.1, 0.15) is 25.5 Å². The summed E-state index contributed by atoms with van der Waals surface area (Å²) in [7, 11) is 1.58. The summed E-state index contributed by atoms with van der Waals surface area (Å²) in [6.45, 7) is 3.78. The highest BCUT2D eigenvalue weighted by atomic mass is 19.1. The summed E-state index contributed by atoms with van der Waals surface area (Å²) in [6, 6.07) is 4.09. The molecule has 4 heteroatoms. The highest BCUT2D eigenvalue weighted by molar-refractivity contribution is 5.35. The van der Waals surface area contributed by atoms with E-state index < -0.39 is 6.10 Å². The Hall–Kier alpha value is -1.13. The monoisotopic (exact) mass is 228 g/mol. The van der Waals surface area contributed by atoms with Gasteiger partial charge in [-0.1, -0.05) is 0 Å². The molecule has 0 aliphatic heterocycles. The largest absolute Gasteiger partial charge is 0.490 e. The normalized spacial score (nSPS) is 14.6. The van der Waals surface area contributed by atoms with E-state index in [2.05, 4.69) is 0 Å². The first kappa shape index (κ1) is 12.9. The molecule has 0 bridgehead atoms. The number of hydrogen-bond donors (Lipinski definition) is 1. The van der Waals surface area contributed by atoms with E-state index >= 15 is 0 Å². The van der Waals surface area contributed by atoms with Crippen molar-refractivity contribution in [2.45, 2.75) is 26.1 Å². The van der Waals surface area contributed by atoms with E-state index in [0.29, 0.717) is 17.9 Å². The summed E-state index contributed by atoms with van der Waals surface area (Å²) < 4.78 is 23.5. The van der Waals surface area contributed by atoms with E-state index in [1.165, 1.54) is 18.2 Å². The molecule has 0 radical (unpaired) electrons. The number of aliphatic hydroxyl groups excluding tert-OH is 1. The Balaban J connectivity index is 2.80. The maximum atomic E-state index is 13.0. The van der Waals surface area contributed by atoms with Crippen LogP contribution in [0.3, 0.4) is 0 Å². The molecule has 0 aliphatic carbocycles. The zero-order chi connectivity index (χ0) is 12.1. The van der Waals surface area contributed by atoms with E-state index in [9.17, 15) is 9.50 Å². The lowest BCUT2D eigenvalue weighted by Gasteiger charge is -2.16. The van der Waals surface area contributed by atoms with E-state index in [1.54, 1.807) is 14.0 Å². The van der Waals surface area contributed by atoms with Crippen molar-refractivity contribution in [3.8, 4) is 5.75 Å². The van der Waals surface area contributed by atoms with Gasteiger partial charge in [0.15, 0.2) is 0 Å². The van der Waals surface area contributed by atoms with Crippen LogP contribution in [0.5, 0.6) is 5.75 Å². The number of ether oxygens (including phenoxy) is 2. The molecule has 1 rings (SSSR count). The van der Waals surface area contributed by atoms with Gasteiger partial charge in [-0.15, -0.1) is 0 Å². The maximum absolute atomic E-state index is 13.0. The van der Waals surface area contributed by atoms with Crippen molar-refractivity contribution in [2.24, 2.45) is 0 Å². The van der Waals surface area contributed by atoms with Gasteiger partial charge in [0.25, 0.3) is 0 Å². The average molecular weight is 228 g/mol. The van der Waals surface area contributed by atoms with Crippen LogP contribution in [0.2, 0.25) is 0 Å². The van der Waals surface area contributed by atoms with Crippen LogP contribution in [0.15, 0.2) is 18.2 Å². The summed E-state index contributed by atoms with van der Waals surface area (Å²) in [4.78, 5) is 0. The highest BCUT2D eigenvalue weighted by Gasteiger charge is 2.11. The first-order valence-electron chi connectivity index (χ1n) is 5.17. The minimum absolute atomic E-state index is 0.0786. The lowest BCUT2D eigenvalue weighted by Crippen LogP contribution is -2.16. The molecule has 0 aromatic heterocycles. The van der Waals surface area contributed by atoms with Gasteiger partial charge in [-0.2, -0.15) is 0 Å². The molecule has 1 N–H and O–H groups in total. The SMILES string of the molecule is COC(C)COc1cc(F)ccc1C(C)O. The van der Waals surface area contributed by atoms with E-state index in [4.69, 9.17) is 9.47 Å². The molecule has 0 spiro atoms. The molecule has 0 aliphatic rings. The van der Waals surface area contributed by atoms with Gasteiger partial charge in [0.05, 0.1) is 12.2 Å². The molecular weight excluding hydrogens is 211 g/mol. The maximum Gasteiger partial charge on any atom is 0.128 e. The molecule has 1 aromatic carbocycles. The second-order valence-electron chi connectivity index (χ2n) is 3.72. The smallest absolute Gasteiger partial charge is 0.128 e. The van der Waals surface area contributed by atoms with E-state index in [0.717, 1.165) is 0 Å². The zero-order valence-electron chi connectivity index (χ0n) is 9.74. The van der Waals surface area contributed by atoms with Crippen LogP contribution in [0.4, 0.5) is 4.39 Å². The van der Waals surface area contributed by atoms with Gasteiger partial charge >= 0.3 is 0 Å². The molecule has 2 unspecified atom stereocenters. The Morgan fingerprint density at radius 1 is 1.38 bits per heavy atom. The molecule has 0 fully saturated rings. The van der Waals surface area contributed by atoms with Gasteiger partial charge < -0.3 is 14.6 Å². The van der Waals surface area contributed by atoms with Crippen molar-refractivity contribution < 1.29 is 19.0 Å². The standard InChI is InChI=1S/C12H17FO3/c1-8(15-3)7-16-12-6-10(13)4-5-11(12)9(2)14/h4-6,8-9,14H,7H2,1-3H3. The lowest BCUT2D eigenvalue weighted by atomic mass is 10.1. The predicted octanol–water partition coefficient (Wildman–Crippen LogP) is 2.29. The third-order valence-corrected chi connectivity index (χ3v) is 2.30. The second kappa shape index (κ2) is 5.82. The predicted molar refractivity (Wildman–Crippen MR) is 59.0 cm³/mol. The van der Waals surface area contributed by atoms with Crippen molar-refractivity contribution in [3.63, 3.8) is 0 Å². The Bertz CT molecular complexity index is 339. The summed E-state index contributed by atoms with van der Waals surface area (Å²) in [5, 5.41) is 9.48. The third-order valence-electron chi connectivity index (χ3n) is 2.30. The van der Waals surface area contributed by atoms with Crippen molar-refractivity contribution in [2.75, 3.05) is 13.7 Å². The Morgan fingerprint density at radius 2 is 2.06 bits per heavy atom. The Labute approximate surface area is 94.8 Å². The van der Waals surface area contributed by atoms with Gasteiger partial charge in [0, 0.05) is 18.7 Å². The summed E-state index contributed by atoms with van der Waals surface area (Å²) in [5.41, 5.74) is 0.574. The number of benzene rings is 1.